The molecule has 94 valence electrons. The molecule has 3 N–H and O–H groups in total. The first-order chi connectivity index (χ1) is 8.15. The Hall–Kier alpha value is -0.740. The lowest BCUT2D eigenvalue weighted by atomic mass is 9.92. The molecule has 0 aliphatic heterocycles. The minimum Gasteiger partial charge on any atom is -0.504 e. The summed E-state index contributed by atoms with van der Waals surface area (Å²) in [6.45, 7) is 0. The second-order valence-corrected chi connectivity index (χ2v) is 5.44. The van der Waals surface area contributed by atoms with Crippen LogP contribution >= 0.6 is 15.9 Å². The fraction of sp³-hybridized carbons (Fsp3) is 0.538. The smallest absolute Gasteiger partial charge is 0.163 e. The first-order valence-electron chi connectivity index (χ1n) is 5.96. The van der Waals surface area contributed by atoms with Gasteiger partial charge in [-0.3, -0.25) is 0 Å². The molecule has 0 heterocycles. The molecule has 2 rings (SSSR count). The van der Waals surface area contributed by atoms with Crippen LogP contribution in [0.2, 0.25) is 0 Å². The Morgan fingerprint density at radius 3 is 2.65 bits per heavy atom. The predicted octanol–water partition coefficient (Wildman–Crippen LogP) is 3.35. The van der Waals surface area contributed by atoms with Crippen molar-refractivity contribution in [3.63, 3.8) is 0 Å². The summed E-state index contributed by atoms with van der Waals surface area (Å²) in [6, 6.07) is 3.49. The second-order valence-electron chi connectivity index (χ2n) is 4.58. The highest BCUT2D eigenvalue weighted by molar-refractivity contribution is 9.10. The van der Waals surface area contributed by atoms with Crippen molar-refractivity contribution < 1.29 is 9.84 Å². The zero-order valence-electron chi connectivity index (χ0n) is 9.95. The Kier molecular flexibility index (Phi) is 3.94. The zero-order valence-corrected chi connectivity index (χ0v) is 11.5. The lowest BCUT2D eigenvalue weighted by Gasteiger charge is -2.22. The van der Waals surface area contributed by atoms with E-state index in [1.165, 1.54) is 12.8 Å². The molecule has 0 saturated heterocycles. The van der Waals surface area contributed by atoms with Gasteiger partial charge in [0.2, 0.25) is 0 Å². The summed E-state index contributed by atoms with van der Waals surface area (Å²) in [5.74, 6) is 1.11. The van der Waals surface area contributed by atoms with Crippen molar-refractivity contribution in [2.45, 2.75) is 31.7 Å². The van der Waals surface area contributed by atoms with Crippen molar-refractivity contribution in [1.82, 2.24) is 0 Å². The number of phenolic OH excluding ortho intramolecular Hbond substituents is 1. The third kappa shape index (κ3) is 2.43. The summed E-state index contributed by atoms with van der Waals surface area (Å²) < 4.78 is 5.98. The fourth-order valence-electron chi connectivity index (χ4n) is 2.60. The molecule has 1 aromatic carbocycles. The van der Waals surface area contributed by atoms with Crippen LogP contribution in [0.4, 0.5) is 0 Å². The van der Waals surface area contributed by atoms with Gasteiger partial charge in [-0.25, -0.2) is 0 Å². The van der Waals surface area contributed by atoms with Gasteiger partial charge in [0.05, 0.1) is 7.11 Å². The number of halogens is 1. The van der Waals surface area contributed by atoms with Gasteiger partial charge in [0.15, 0.2) is 11.5 Å². The second kappa shape index (κ2) is 5.27. The van der Waals surface area contributed by atoms with Gasteiger partial charge >= 0.3 is 0 Å². The van der Waals surface area contributed by atoms with Crippen LogP contribution in [0.15, 0.2) is 16.6 Å². The number of phenols is 1. The molecule has 0 unspecified atom stereocenters. The van der Waals surface area contributed by atoms with Gasteiger partial charge in [0.1, 0.15) is 0 Å². The van der Waals surface area contributed by atoms with Gasteiger partial charge in [-0.15, -0.1) is 0 Å². The van der Waals surface area contributed by atoms with Crippen molar-refractivity contribution in [2.75, 3.05) is 7.11 Å². The first kappa shape index (κ1) is 12.7. The highest BCUT2D eigenvalue weighted by Gasteiger charge is 2.27. The molecule has 1 fully saturated rings. The van der Waals surface area contributed by atoms with E-state index in [1.807, 2.05) is 6.07 Å². The molecular formula is C13H18BrNO2. The Balaban J connectivity index is 2.35. The maximum absolute atomic E-state index is 10.2. The number of hydrogen-bond acceptors (Lipinski definition) is 3. The Labute approximate surface area is 110 Å². The number of hydrogen-bond donors (Lipinski definition) is 2. The number of ether oxygens (including phenoxy) is 1. The molecule has 4 heteroatoms. The molecular weight excluding hydrogens is 282 g/mol. The Morgan fingerprint density at radius 1 is 1.41 bits per heavy atom. The molecule has 1 aromatic rings. The van der Waals surface area contributed by atoms with E-state index in [2.05, 4.69) is 15.9 Å². The number of benzene rings is 1. The van der Waals surface area contributed by atoms with E-state index in [9.17, 15) is 5.11 Å². The number of aromatic hydroxyl groups is 1. The normalized spacial score (nSPS) is 18.3. The summed E-state index contributed by atoms with van der Waals surface area (Å²) in [5.41, 5.74) is 7.05. The largest absolute Gasteiger partial charge is 0.504 e. The van der Waals surface area contributed by atoms with Crippen LogP contribution in [-0.4, -0.2) is 12.2 Å². The number of nitrogens with two attached hydrogens (primary N) is 1. The molecule has 0 aromatic heterocycles. The van der Waals surface area contributed by atoms with Gasteiger partial charge < -0.3 is 15.6 Å². The number of methoxy groups -OCH3 is 1. The number of rotatable bonds is 3. The summed E-state index contributed by atoms with van der Waals surface area (Å²) in [4.78, 5) is 0. The van der Waals surface area contributed by atoms with Crippen molar-refractivity contribution in [3.8, 4) is 11.5 Å². The summed E-state index contributed by atoms with van der Waals surface area (Å²) in [6.07, 6.45) is 4.76. The maximum Gasteiger partial charge on any atom is 0.163 e. The van der Waals surface area contributed by atoms with Gasteiger partial charge in [0.25, 0.3) is 0 Å². The van der Waals surface area contributed by atoms with Gasteiger partial charge in [-0.05, 0) is 30.9 Å². The van der Waals surface area contributed by atoms with E-state index in [0.717, 1.165) is 22.9 Å². The zero-order chi connectivity index (χ0) is 12.4. The molecule has 1 saturated carbocycles. The van der Waals surface area contributed by atoms with Gasteiger partial charge in [-0.2, -0.15) is 0 Å². The fourth-order valence-corrected chi connectivity index (χ4v) is 3.18. The van der Waals surface area contributed by atoms with Crippen LogP contribution in [0, 0.1) is 5.92 Å². The molecule has 17 heavy (non-hydrogen) atoms. The van der Waals surface area contributed by atoms with E-state index >= 15 is 0 Å². The van der Waals surface area contributed by atoms with Crippen molar-refractivity contribution >= 4 is 15.9 Å². The SMILES string of the molecule is COc1ccc(Br)c([C@H](N)C2CCCC2)c1O. The van der Waals surface area contributed by atoms with E-state index in [-0.39, 0.29) is 11.8 Å². The summed E-state index contributed by atoms with van der Waals surface area (Å²) in [5, 5.41) is 10.2. The monoisotopic (exact) mass is 299 g/mol. The van der Waals surface area contributed by atoms with E-state index in [0.29, 0.717) is 11.7 Å². The third-order valence-corrected chi connectivity index (χ3v) is 4.28. The van der Waals surface area contributed by atoms with Crippen LogP contribution in [-0.2, 0) is 0 Å². The lowest BCUT2D eigenvalue weighted by Crippen LogP contribution is -2.19. The van der Waals surface area contributed by atoms with E-state index < -0.39 is 0 Å². The molecule has 1 atom stereocenters. The minimum absolute atomic E-state index is 0.123. The predicted molar refractivity (Wildman–Crippen MR) is 71.2 cm³/mol. The van der Waals surface area contributed by atoms with Gasteiger partial charge in [0, 0.05) is 16.1 Å². The molecule has 1 aliphatic rings. The molecule has 0 bridgehead atoms. The molecule has 0 spiro atoms. The minimum atomic E-state index is -0.123. The van der Waals surface area contributed by atoms with Gasteiger partial charge in [-0.1, -0.05) is 28.8 Å². The van der Waals surface area contributed by atoms with E-state index in [4.69, 9.17) is 10.5 Å². The maximum atomic E-state index is 10.2. The summed E-state index contributed by atoms with van der Waals surface area (Å²) in [7, 11) is 1.55. The molecule has 0 radical (unpaired) electrons. The highest BCUT2D eigenvalue weighted by Crippen LogP contribution is 2.43. The standard InChI is InChI=1S/C13H18BrNO2/c1-17-10-7-6-9(14)11(13(10)16)12(15)8-4-2-3-5-8/h6-8,12,16H,2-5,15H2,1H3/t12-/m1/s1. The van der Waals surface area contributed by atoms with Crippen LogP contribution in [0.5, 0.6) is 11.5 Å². The highest BCUT2D eigenvalue weighted by atomic mass is 79.9. The van der Waals surface area contributed by atoms with Crippen LogP contribution in [0.1, 0.15) is 37.3 Å². The summed E-state index contributed by atoms with van der Waals surface area (Å²) >= 11 is 3.46. The van der Waals surface area contributed by atoms with Crippen molar-refractivity contribution in [2.24, 2.45) is 11.7 Å². The average Bonchev–Trinajstić information content (AvgIpc) is 2.82. The van der Waals surface area contributed by atoms with Crippen molar-refractivity contribution in [1.29, 1.82) is 0 Å². The molecule has 0 amide bonds. The van der Waals surface area contributed by atoms with Crippen LogP contribution < -0.4 is 10.5 Å². The Bertz CT molecular complexity index is 403. The van der Waals surface area contributed by atoms with Crippen LogP contribution in [0.25, 0.3) is 0 Å². The molecule has 3 nitrogen and oxygen atoms in total. The van der Waals surface area contributed by atoms with Crippen molar-refractivity contribution in [3.05, 3.63) is 22.2 Å². The molecule has 1 aliphatic carbocycles. The lowest BCUT2D eigenvalue weighted by molar-refractivity contribution is 0.359. The quantitative estimate of drug-likeness (QED) is 0.900. The Morgan fingerprint density at radius 2 is 2.06 bits per heavy atom. The first-order valence-corrected chi connectivity index (χ1v) is 6.75. The topological polar surface area (TPSA) is 55.5 Å². The van der Waals surface area contributed by atoms with Crippen LogP contribution in [0.3, 0.4) is 0 Å². The van der Waals surface area contributed by atoms with E-state index in [1.54, 1.807) is 13.2 Å². The average molecular weight is 300 g/mol. The third-order valence-electron chi connectivity index (χ3n) is 3.59.